The highest BCUT2D eigenvalue weighted by Gasteiger charge is 2.15. The van der Waals surface area contributed by atoms with Crippen LogP contribution in [0, 0.1) is 0 Å². The molecule has 0 saturated carbocycles. The van der Waals surface area contributed by atoms with Crippen LogP contribution in [0.2, 0.25) is 0 Å². The first-order chi connectivity index (χ1) is 13.0. The van der Waals surface area contributed by atoms with Crippen LogP contribution in [-0.4, -0.2) is 25.7 Å². The molecule has 0 atom stereocenters. The minimum Gasteiger partial charge on any atom is -0.497 e. The van der Waals surface area contributed by atoms with Crippen molar-refractivity contribution >= 4 is 27.3 Å². The van der Waals surface area contributed by atoms with Crippen LogP contribution >= 0.6 is 0 Å². The van der Waals surface area contributed by atoms with Gasteiger partial charge in [0.15, 0.2) is 11.6 Å². The minimum absolute atomic E-state index is 0.144. The van der Waals surface area contributed by atoms with Gasteiger partial charge in [0.25, 0.3) is 10.0 Å². The molecule has 0 spiro atoms. The smallest absolute Gasteiger partial charge is 0.263 e. The predicted molar refractivity (Wildman–Crippen MR) is 105 cm³/mol. The zero-order chi connectivity index (χ0) is 19.3. The summed E-state index contributed by atoms with van der Waals surface area (Å²) in [6.07, 6.45) is 0.848. The maximum atomic E-state index is 12.4. The average molecular weight is 384 g/mol. The SMILES string of the molecule is CCc1ccc(S(=O)(=O)Nc2ccc(Nc3cccc(OC)c3)nn2)cc1. The largest absolute Gasteiger partial charge is 0.497 e. The van der Waals surface area contributed by atoms with Crippen molar-refractivity contribution in [1.82, 2.24) is 10.2 Å². The third kappa shape index (κ3) is 4.73. The molecular formula is C19H20N4O3S. The van der Waals surface area contributed by atoms with Gasteiger partial charge in [-0.15, -0.1) is 10.2 Å². The number of aryl methyl sites for hydroxylation is 1. The van der Waals surface area contributed by atoms with E-state index in [1.165, 1.54) is 0 Å². The van der Waals surface area contributed by atoms with E-state index in [9.17, 15) is 8.42 Å². The van der Waals surface area contributed by atoms with Gasteiger partial charge in [-0.25, -0.2) is 8.42 Å². The Labute approximate surface area is 158 Å². The van der Waals surface area contributed by atoms with Crippen molar-refractivity contribution in [3.63, 3.8) is 0 Å². The number of sulfonamides is 1. The van der Waals surface area contributed by atoms with Gasteiger partial charge in [0, 0.05) is 11.8 Å². The second-order valence-corrected chi connectivity index (χ2v) is 7.45. The van der Waals surface area contributed by atoms with E-state index in [0.29, 0.717) is 11.6 Å². The normalized spacial score (nSPS) is 11.0. The summed E-state index contributed by atoms with van der Waals surface area (Å²) in [4.78, 5) is 0.181. The zero-order valence-corrected chi connectivity index (χ0v) is 15.8. The van der Waals surface area contributed by atoms with Crippen LogP contribution in [0.25, 0.3) is 0 Å². The van der Waals surface area contributed by atoms with E-state index in [-0.39, 0.29) is 10.7 Å². The zero-order valence-electron chi connectivity index (χ0n) is 15.0. The topological polar surface area (TPSA) is 93.2 Å². The molecule has 8 heteroatoms. The molecule has 0 saturated heterocycles. The van der Waals surface area contributed by atoms with Crippen molar-refractivity contribution in [2.75, 3.05) is 17.1 Å². The van der Waals surface area contributed by atoms with Crippen molar-refractivity contribution in [1.29, 1.82) is 0 Å². The second kappa shape index (κ2) is 8.05. The number of nitrogens with zero attached hydrogens (tertiary/aromatic N) is 2. The molecule has 7 nitrogen and oxygen atoms in total. The highest BCUT2D eigenvalue weighted by Crippen LogP contribution is 2.21. The quantitative estimate of drug-likeness (QED) is 0.647. The molecule has 0 aliphatic carbocycles. The van der Waals surface area contributed by atoms with Crippen LogP contribution in [-0.2, 0) is 16.4 Å². The number of methoxy groups -OCH3 is 1. The fourth-order valence-corrected chi connectivity index (χ4v) is 3.40. The highest BCUT2D eigenvalue weighted by molar-refractivity contribution is 7.92. The molecule has 27 heavy (non-hydrogen) atoms. The third-order valence-corrected chi connectivity index (χ3v) is 5.26. The molecule has 0 amide bonds. The van der Waals surface area contributed by atoms with Crippen molar-refractivity contribution in [2.45, 2.75) is 18.2 Å². The number of nitrogens with one attached hydrogen (secondary N) is 2. The standard InChI is InChI=1S/C19H20N4O3S/c1-3-14-7-9-17(10-8-14)27(24,25)23-19-12-11-18(21-22-19)20-15-5-4-6-16(13-15)26-2/h4-13H,3H2,1-2H3,(H,20,21)(H,22,23). The molecule has 0 radical (unpaired) electrons. The fraction of sp³-hybridized carbons (Fsp3) is 0.158. The molecule has 0 bridgehead atoms. The number of anilines is 3. The van der Waals surface area contributed by atoms with Crippen molar-refractivity contribution < 1.29 is 13.2 Å². The maximum absolute atomic E-state index is 12.4. The van der Waals surface area contributed by atoms with E-state index >= 15 is 0 Å². The van der Waals surface area contributed by atoms with Crippen molar-refractivity contribution in [3.05, 3.63) is 66.2 Å². The molecule has 0 fully saturated rings. The number of ether oxygens (including phenoxy) is 1. The molecular weight excluding hydrogens is 364 g/mol. The van der Waals surface area contributed by atoms with Gasteiger partial charge in [0.1, 0.15) is 5.75 Å². The third-order valence-electron chi connectivity index (χ3n) is 3.89. The Kier molecular flexibility index (Phi) is 5.56. The van der Waals surface area contributed by atoms with E-state index in [1.54, 1.807) is 43.5 Å². The van der Waals surface area contributed by atoms with Gasteiger partial charge in [0.2, 0.25) is 0 Å². The van der Waals surface area contributed by atoms with Crippen molar-refractivity contribution in [3.8, 4) is 5.75 Å². The first-order valence-corrected chi connectivity index (χ1v) is 9.85. The number of hydrogen-bond acceptors (Lipinski definition) is 6. The van der Waals surface area contributed by atoms with Gasteiger partial charge in [-0.3, -0.25) is 4.72 Å². The highest BCUT2D eigenvalue weighted by atomic mass is 32.2. The molecule has 0 unspecified atom stereocenters. The van der Waals surface area contributed by atoms with E-state index in [2.05, 4.69) is 20.2 Å². The Morgan fingerprint density at radius 2 is 1.67 bits per heavy atom. The Hall–Kier alpha value is -3.13. The van der Waals surface area contributed by atoms with Gasteiger partial charge in [-0.05, 0) is 48.4 Å². The lowest BCUT2D eigenvalue weighted by Gasteiger charge is -2.09. The summed E-state index contributed by atoms with van der Waals surface area (Å²) < 4.78 is 32.5. The molecule has 3 rings (SSSR count). The molecule has 3 aromatic rings. The van der Waals surface area contributed by atoms with Gasteiger partial charge in [0.05, 0.1) is 12.0 Å². The van der Waals surface area contributed by atoms with E-state index in [4.69, 9.17) is 4.74 Å². The Bertz CT molecular complexity index is 1000. The summed E-state index contributed by atoms with van der Waals surface area (Å²) in [6.45, 7) is 2.01. The number of hydrogen-bond donors (Lipinski definition) is 2. The molecule has 2 aromatic carbocycles. The molecule has 1 aromatic heterocycles. The van der Waals surface area contributed by atoms with Crippen LogP contribution in [0.5, 0.6) is 5.75 Å². The molecule has 1 heterocycles. The summed E-state index contributed by atoms with van der Waals surface area (Å²) in [5, 5.41) is 11.0. The lowest BCUT2D eigenvalue weighted by molar-refractivity contribution is 0.415. The predicted octanol–water partition coefficient (Wildman–Crippen LogP) is 3.59. The molecule has 0 aliphatic heterocycles. The summed E-state index contributed by atoms with van der Waals surface area (Å²) >= 11 is 0. The average Bonchev–Trinajstić information content (AvgIpc) is 2.69. The lowest BCUT2D eigenvalue weighted by atomic mass is 10.2. The maximum Gasteiger partial charge on any atom is 0.263 e. The van der Waals surface area contributed by atoms with Gasteiger partial charge < -0.3 is 10.1 Å². The fourth-order valence-electron chi connectivity index (χ4n) is 2.40. The Balaban J connectivity index is 1.70. The minimum atomic E-state index is -3.71. The van der Waals surface area contributed by atoms with Crippen LogP contribution in [0.3, 0.4) is 0 Å². The van der Waals surface area contributed by atoms with E-state index < -0.39 is 10.0 Å². The summed E-state index contributed by atoms with van der Waals surface area (Å²) in [5.41, 5.74) is 1.86. The summed E-state index contributed by atoms with van der Waals surface area (Å²) in [5.74, 6) is 1.34. The Morgan fingerprint density at radius 1 is 0.963 bits per heavy atom. The number of aromatic nitrogens is 2. The summed E-state index contributed by atoms with van der Waals surface area (Å²) in [6, 6.07) is 17.3. The molecule has 2 N–H and O–H groups in total. The lowest BCUT2D eigenvalue weighted by Crippen LogP contribution is -2.14. The number of benzene rings is 2. The van der Waals surface area contributed by atoms with E-state index in [1.807, 2.05) is 31.2 Å². The van der Waals surface area contributed by atoms with Crippen LogP contribution < -0.4 is 14.8 Å². The van der Waals surface area contributed by atoms with Crippen molar-refractivity contribution in [2.24, 2.45) is 0 Å². The van der Waals surface area contributed by atoms with Crippen LogP contribution in [0.1, 0.15) is 12.5 Å². The van der Waals surface area contributed by atoms with Gasteiger partial charge >= 0.3 is 0 Å². The summed E-state index contributed by atoms with van der Waals surface area (Å²) in [7, 11) is -2.12. The van der Waals surface area contributed by atoms with Crippen LogP contribution in [0.15, 0.2) is 65.6 Å². The van der Waals surface area contributed by atoms with Gasteiger partial charge in [-0.1, -0.05) is 25.1 Å². The molecule has 0 aliphatic rings. The first-order valence-electron chi connectivity index (χ1n) is 8.37. The van der Waals surface area contributed by atoms with Crippen LogP contribution in [0.4, 0.5) is 17.3 Å². The monoisotopic (exact) mass is 384 g/mol. The first kappa shape index (κ1) is 18.7. The number of rotatable bonds is 7. The van der Waals surface area contributed by atoms with Gasteiger partial charge in [-0.2, -0.15) is 0 Å². The molecule has 140 valence electrons. The van der Waals surface area contributed by atoms with E-state index in [0.717, 1.165) is 17.7 Å². The Morgan fingerprint density at radius 3 is 2.30 bits per heavy atom. The second-order valence-electron chi connectivity index (χ2n) is 5.76.